The summed E-state index contributed by atoms with van der Waals surface area (Å²) in [4.78, 5) is 15.4. The van der Waals surface area contributed by atoms with E-state index in [0.717, 1.165) is 82.5 Å². The van der Waals surface area contributed by atoms with Crippen LogP contribution in [0.3, 0.4) is 0 Å². The fourth-order valence-electron chi connectivity index (χ4n) is 6.55. The highest BCUT2D eigenvalue weighted by Crippen LogP contribution is 2.42. The second-order valence-corrected chi connectivity index (χ2v) is 11.8. The maximum Gasteiger partial charge on any atom is 0.352 e. The van der Waals surface area contributed by atoms with Crippen LogP contribution >= 0.6 is 11.6 Å². The standard InChI is InChI=1S/C34H37ClFN5O3/c1-21-30(22(2)39(3)38-21)31-28(35)12-11-27-26(7-5-19-44-29-8-4-6-23-20-24(36)9-10-25(23)29)33(34(42)43)41(32(27)31)18-17-40-15-13-37-14-16-40/h4,6,8-12,20,37H,5,7,13-19H2,1-3H3,(H,42,43). The summed E-state index contributed by atoms with van der Waals surface area (Å²) in [6.45, 7) is 9.27. The van der Waals surface area contributed by atoms with Gasteiger partial charge in [-0.05, 0) is 68.0 Å². The molecule has 3 aromatic carbocycles. The Morgan fingerprint density at radius 1 is 1.07 bits per heavy atom. The molecule has 1 aliphatic heterocycles. The number of aromatic carboxylic acids is 1. The van der Waals surface area contributed by atoms with E-state index in [9.17, 15) is 14.3 Å². The molecule has 2 N–H and O–H groups in total. The lowest BCUT2D eigenvalue weighted by atomic mass is 9.98. The van der Waals surface area contributed by atoms with Crippen LogP contribution in [-0.4, -0.2) is 69.7 Å². The molecule has 8 nitrogen and oxygen atoms in total. The molecule has 2 aromatic heterocycles. The van der Waals surface area contributed by atoms with Gasteiger partial charge in [-0.25, -0.2) is 9.18 Å². The van der Waals surface area contributed by atoms with Gasteiger partial charge in [0.05, 0.1) is 22.8 Å². The molecule has 0 saturated carbocycles. The highest BCUT2D eigenvalue weighted by atomic mass is 35.5. The highest BCUT2D eigenvalue weighted by molar-refractivity contribution is 6.35. The molecular formula is C34H37ClFN5O3. The fourth-order valence-corrected chi connectivity index (χ4v) is 6.79. The first-order valence-electron chi connectivity index (χ1n) is 15.1. The lowest BCUT2D eigenvalue weighted by molar-refractivity contribution is 0.0683. The number of ether oxygens (including phenoxy) is 1. The molecule has 44 heavy (non-hydrogen) atoms. The van der Waals surface area contributed by atoms with E-state index in [-0.39, 0.29) is 5.82 Å². The zero-order valence-electron chi connectivity index (χ0n) is 25.3. The number of hydrogen-bond donors (Lipinski definition) is 2. The molecule has 0 atom stereocenters. The average Bonchev–Trinajstić information content (AvgIpc) is 3.46. The number of piperazine rings is 1. The lowest BCUT2D eigenvalue weighted by Crippen LogP contribution is -2.44. The van der Waals surface area contributed by atoms with E-state index in [1.54, 1.807) is 6.07 Å². The molecule has 10 heteroatoms. The first-order valence-corrected chi connectivity index (χ1v) is 15.4. The number of nitrogens with one attached hydrogen (secondary N) is 1. The van der Waals surface area contributed by atoms with Gasteiger partial charge in [0.1, 0.15) is 17.3 Å². The van der Waals surface area contributed by atoms with Crippen molar-refractivity contribution in [3.05, 3.63) is 82.0 Å². The van der Waals surface area contributed by atoms with E-state index in [0.29, 0.717) is 42.5 Å². The normalized spacial score (nSPS) is 14.1. The highest BCUT2D eigenvalue weighted by Gasteiger charge is 2.28. The third-order valence-corrected chi connectivity index (χ3v) is 9.04. The summed E-state index contributed by atoms with van der Waals surface area (Å²) in [5.41, 5.74) is 5.46. The summed E-state index contributed by atoms with van der Waals surface area (Å²) < 4.78 is 23.7. The van der Waals surface area contributed by atoms with Gasteiger partial charge in [-0.15, -0.1) is 0 Å². The van der Waals surface area contributed by atoms with Crippen LogP contribution in [0.25, 0.3) is 32.8 Å². The van der Waals surface area contributed by atoms with Crippen molar-refractivity contribution >= 4 is 39.2 Å². The zero-order chi connectivity index (χ0) is 31.0. The Bertz CT molecular complexity index is 1860. The predicted octanol–water partition coefficient (Wildman–Crippen LogP) is 6.22. The fraction of sp³-hybridized carbons (Fsp3) is 0.353. The summed E-state index contributed by atoms with van der Waals surface area (Å²) >= 11 is 6.95. The molecule has 3 heterocycles. The summed E-state index contributed by atoms with van der Waals surface area (Å²) in [6.07, 6.45) is 1.10. The van der Waals surface area contributed by atoms with Crippen molar-refractivity contribution in [1.29, 1.82) is 0 Å². The monoisotopic (exact) mass is 617 g/mol. The SMILES string of the molecule is Cc1nn(C)c(C)c1-c1c(Cl)ccc2c(CCCOc3cccc4cc(F)ccc34)c(C(=O)O)n(CCN3CCNCC3)c12. The Hall–Kier alpha value is -3.92. The minimum absolute atomic E-state index is 0.290. The van der Waals surface area contributed by atoms with E-state index in [4.69, 9.17) is 16.3 Å². The summed E-state index contributed by atoms with van der Waals surface area (Å²) in [7, 11) is 1.91. The second-order valence-electron chi connectivity index (χ2n) is 11.4. The second kappa shape index (κ2) is 12.6. The Kier molecular flexibility index (Phi) is 8.62. The van der Waals surface area contributed by atoms with Gasteiger partial charge >= 0.3 is 5.97 Å². The molecule has 230 valence electrons. The first kappa shape index (κ1) is 30.1. The van der Waals surface area contributed by atoms with E-state index < -0.39 is 5.97 Å². The number of aryl methyl sites for hydroxylation is 3. The van der Waals surface area contributed by atoms with E-state index >= 15 is 0 Å². The van der Waals surface area contributed by atoms with Crippen LogP contribution in [0.4, 0.5) is 4.39 Å². The number of carboxylic acid groups (broad SMARTS) is 1. The summed E-state index contributed by atoms with van der Waals surface area (Å²) in [5, 5.41) is 21.7. The third-order valence-electron chi connectivity index (χ3n) is 8.72. The number of aromatic nitrogens is 3. The van der Waals surface area contributed by atoms with E-state index in [2.05, 4.69) is 15.3 Å². The number of nitrogens with zero attached hydrogens (tertiary/aromatic N) is 4. The lowest BCUT2D eigenvalue weighted by Gasteiger charge is -2.27. The zero-order valence-corrected chi connectivity index (χ0v) is 26.0. The number of fused-ring (bicyclic) bond motifs is 2. The minimum Gasteiger partial charge on any atom is -0.493 e. The summed E-state index contributed by atoms with van der Waals surface area (Å²) in [6, 6.07) is 14.0. The molecule has 0 radical (unpaired) electrons. The molecular weight excluding hydrogens is 581 g/mol. The molecule has 1 fully saturated rings. The number of carbonyl (C=O) groups is 1. The number of carboxylic acids is 1. The van der Waals surface area contributed by atoms with Crippen molar-refractivity contribution in [1.82, 2.24) is 24.6 Å². The van der Waals surface area contributed by atoms with Crippen LogP contribution in [0.5, 0.6) is 5.75 Å². The Morgan fingerprint density at radius 2 is 1.84 bits per heavy atom. The number of hydrogen-bond acceptors (Lipinski definition) is 5. The number of halogens is 2. The van der Waals surface area contributed by atoms with Gasteiger partial charge in [0, 0.05) is 73.9 Å². The smallest absolute Gasteiger partial charge is 0.352 e. The van der Waals surface area contributed by atoms with Gasteiger partial charge < -0.3 is 19.7 Å². The average molecular weight is 618 g/mol. The van der Waals surface area contributed by atoms with Crippen LogP contribution in [0, 0.1) is 19.7 Å². The van der Waals surface area contributed by atoms with Gasteiger partial charge in [-0.1, -0.05) is 29.8 Å². The Labute approximate surface area is 261 Å². The van der Waals surface area contributed by atoms with E-state index in [1.807, 2.05) is 60.5 Å². The van der Waals surface area contributed by atoms with Crippen molar-refractivity contribution in [2.24, 2.45) is 7.05 Å². The molecule has 1 saturated heterocycles. The van der Waals surface area contributed by atoms with Crippen molar-refractivity contribution in [3.63, 3.8) is 0 Å². The van der Waals surface area contributed by atoms with Gasteiger partial charge in [0.25, 0.3) is 0 Å². The third kappa shape index (κ3) is 5.67. The predicted molar refractivity (Wildman–Crippen MR) is 173 cm³/mol. The summed E-state index contributed by atoms with van der Waals surface area (Å²) in [5.74, 6) is -0.577. The number of rotatable bonds is 10. The van der Waals surface area contributed by atoms with Crippen LogP contribution in [0.2, 0.25) is 5.02 Å². The molecule has 0 spiro atoms. The van der Waals surface area contributed by atoms with E-state index in [1.165, 1.54) is 12.1 Å². The first-order chi connectivity index (χ1) is 21.2. The molecule has 0 amide bonds. The quantitative estimate of drug-likeness (QED) is 0.181. The molecule has 0 aliphatic carbocycles. The van der Waals surface area contributed by atoms with Gasteiger partial charge in [-0.3, -0.25) is 9.58 Å². The molecule has 0 unspecified atom stereocenters. The molecule has 5 aromatic rings. The molecule has 6 rings (SSSR count). The minimum atomic E-state index is -0.963. The van der Waals surface area contributed by atoms with Gasteiger partial charge in [0.15, 0.2) is 0 Å². The molecule has 1 aliphatic rings. The van der Waals surface area contributed by atoms with Crippen LogP contribution in [0.1, 0.15) is 33.9 Å². The Balaban J connectivity index is 1.39. The maximum absolute atomic E-state index is 13.8. The maximum atomic E-state index is 13.8. The Morgan fingerprint density at radius 3 is 2.57 bits per heavy atom. The number of benzene rings is 3. The van der Waals surface area contributed by atoms with Crippen molar-refractivity contribution in [2.75, 3.05) is 39.3 Å². The molecule has 0 bridgehead atoms. The van der Waals surface area contributed by atoms with Crippen LogP contribution < -0.4 is 10.1 Å². The van der Waals surface area contributed by atoms with Crippen molar-refractivity contribution in [3.8, 4) is 16.9 Å². The largest absolute Gasteiger partial charge is 0.493 e. The topological polar surface area (TPSA) is 84.5 Å². The van der Waals surface area contributed by atoms with Crippen molar-refractivity contribution in [2.45, 2.75) is 33.2 Å². The van der Waals surface area contributed by atoms with Crippen LogP contribution in [0.15, 0.2) is 48.5 Å². The van der Waals surface area contributed by atoms with Crippen LogP contribution in [-0.2, 0) is 20.0 Å². The van der Waals surface area contributed by atoms with Gasteiger partial charge in [0.2, 0.25) is 0 Å². The van der Waals surface area contributed by atoms with Gasteiger partial charge in [-0.2, -0.15) is 5.10 Å². The van der Waals surface area contributed by atoms with Crippen molar-refractivity contribution < 1.29 is 19.0 Å².